The van der Waals surface area contributed by atoms with Gasteiger partial charge in [0.1, 0.15) is 0 Å². The molecule has 0 saturated carbocycles. The van der Waals surface area contributed by atoms with E-state index in [-0.39, 0.29) is 0 Å². The highest BCUT2D eigenvalue weighted by atomic mass is 16.7. The molecule has 2 aromatic rings. The fraction of sp³-hybridized carbons (Fsp3) is 0. The second-order valence-electron chi connectivity index (χ2n) is 2.86. The van der Waals surface area contributed by atoms with Crippen LogP contribution in [0.15, 0.2) is 55.1 Å². The van der Waals surface area contributed by atoms with Crippen molar-refractivity contribution in [1.29, 1.82) is 0 Å². The van der Waals surface area contributed by atoms with Crippen LogP contribution < -0.4 is 9.57 Å². The first-order chi connectivity index (χ1) is 7.36. The maximum Gasteiger partial charge on any atom is 0.412 e. The van der Waals surface area contributed by atoms with Crippen LogP contribution in [-0.2, 0) is 0 Å². The van der Waals surface area contributed by atoms with Gasteiger partial charge in [0.25, 0.3) is 0 Å². The molecule has 0 aliphatic rings. The van der Waals surface area contributed by atoms with Crippen LogP contribution in [0.4, 0.5) is 0 Å². The Balaban J connectivity index is 2.12. The second kappa shape index (κ2) is 4.32. The summed E-state index contributed by atoms with van der Waals surface area (Å²) < 4.78 is 1.34. The van der Waals surface area contributed by atoms with Crippen molar-refractivity contribution in [3.8, 4) is 0 Å². The molecule has 2 heterocycles. The number of hydrogen-bond donors (Lipinski definition) is 0. The molecule has 2 aromatic heterocycles. The number of carbonyl (C=O) groups is 1. The summed E-state index contributed by atoms with van der Waals surface area (Å²) in [5, 5.41) is 0. The van der Waals surface area contributed by atoms with Crippen molar-refractivity contribution in [3.05, 3.63) is 60.7 Å². The zero-order chi connectivity index (χ0) is 10.5. The first kappa shape index (κ1) is 9.33. The van der Waals surface area contributed by atoms with Crippen molar-refractivity contribution in [2.24, 2.45) is 0 Å². The smallest absolute Gasteiger partial charge is 0.264 e. The summed E-state index contributed by atoms with van der Waals surface area (Å²) in [4.78, 5) is 20.4. The van der Waals surface area contributed by atoms with Crippen LogP contribution in [0.2, 0.25) is 0 Å². The molecular formula is C11H9N2O2+. The van der Waals surface area contributed by atoms with Gasteiger partial charge in [0.15, 0.2) is 0 Å². The van der Waals surface area contributed by atoms with Crippen LogP contribution in [-0.4, -0.2) is 11.0 Å². The summed E-state index contributed by atoms with van der Waals surface area (Å²) in [6.07, 6.45) is 6.36. The van der Waals surface area contributed by atoms with E-state index in [4.69, 9.17) is 4.84 Å². The lowest BCUT2D eigenvalue weighted by molar-refractivity contribution is -0.868. The summed E-state index contributed by atoms with van der Waals surface area (Å²) in [5.74, 6) is -0.431. The molecule has 0 aromatic carbocycles. The lowest BCUT2D eigenvalue weighted by Gasteiger charge is -1.95. The van der Waals surface area contributed by atoms with Gasteiger partial charge in [-0.25, -0.2) is 4.79 Å². The third kappa shape index (κ3) is 2.37. The average molecular weight is 201 g/mol. The lowest BCUT2D eigenvalue weighted by Crippen LogP contribution is -2.44. The van der Waals surface area contributed by atoms with E-state index in [9.17, 15) is 4.79 Å². The first-order valence-electron chi connectivity index (χ1n) is 4.45. The summed E-state index contributed by atoms with van der Waals surface area (Å²) in [6.45, 7) is 0. The Bertz CT molecular complexity index is 443. The Hall–Kier alpha value is -2.23. The number of nitrogens with zero attached hydrogens (tertiary/aromatic N) is 2. The molecule has 0 saturated heterocycles. The van der Waals surface area contributed by atoms with Crippen molar-refractivity contribution in [1.82, 2.24) is 4.98 Å². The van der Waals surface area contributed by atoms with Crippen LogP contribution in [0.3, 0.4) is 0 Å². The number of pyridine rings is 2. The molecule has 0 fully saturated rings. The Morgan fingerprint density at radius 3 is 2.67 bits per heavy atom. The topological polar surface area (TPSA) is 43.1 Å². The van der Waals surface area contributed by atoms with E-state index in [1.807, 2.05) is 6.07 Å². The number of carbonyl (C=O) groups excluding carboxylic acids is 1. The van der Waals surface area contributed by atoms with Crippen molar-refractivity contribution in [2.75, 3.05) is 0 Å². The standard InChI is InChI=1S/C11H9N2O2/c14-11(10-5-4-6-12-9-10)15-13-7-2-1-3-8-13/h1-9H/q+1. The maximum atomic E-state index is 11.5. The summed E-state index contributed by atoms with van der Waals surface area (Å²) in [5.41, 5.74) is 0.425. The lowest BCUT2D eigenvalue weighted by atomic mass is 10.3. The van der Waals surface area contributed by atoms with E-state index >= 15 is 0 Å². The Morgan fingerprint density at radius 1 is 1.20 bits per heavy atom. The fourth-order valence-corrected chi connectivity index (χ4v) is 1.08. The fourth-order valence-electron chi connectivity index (χ4n) is 1.08. The molecule has 0 N–H and O–H groups in total. The predicted octanol–water partition coefficient (Wildman–Crippen LogP) is 0.638. The molecule has 0 amide bonds. The third-order valence-electron chi connectivity index (χ3n) is 1.77. The van der Waals surface area contributed by atoms with Crippen molar-refractivity contribution < 1.29 is 14.4 Å². The minimum atomic E-state index is -0.431. The minimum absolute atomic E-state index is 0.425. The van der Waals surface area contributed by atoms with E-state index in [0.717, 1.165) is 0 Å². The van der Waals surface area contributed by atoms with Gasteiger partial charge in [-0.1, -0.05) is 6.07 Å². The normalized spacial score (nSPS) is 9.60. The molecule has 0 unspecified atom stereocenters. The monoisotopic (exact) mass is 201 g/mol. The van der Waals surface area contributed by atoms with E-state index in [1.165, 1.54) is 10.9 Å². The van der Waals surface area contributed by atoms with Gasteiger partial charge in [-0.05, 0) is 12.1 Å². The van der Waals surface area contributed by atoms with Crippen molar-refractivity contribution in [3.63, 3.8) is 0 Å². The van der Waals surface area contributed by atoms with Crippen molar-refractivity contribution in [2.45, 2.75) is 0 Å². The SMILES string of the molecule is O=C(O[n+]1ccccc1)c1cccnc1. The molecular weight excluding hydrogens is 192 g/mol. The molecule has 4 nitrogen and oxygen atoms in total. The van der Waals surface area contributed by atoms with E-state index in [0.29, 0.717) is 5.56 Å². The van der Waals surface area contributed by atoms with Gasteiger partial charge in [-0.15, -0.1) is 0 Å². The van der Waals surface area contributed by atoms with Gasteiger partial charge in [-0.3, -0.25) is 4.98 Å². The molecule has 0 aliphatic carbocycles. The molecule has 0 atom stereocenters. The van der Waals surface area contributed by atoms with Crippen LogP contribution >= 0.6 is 0 Å². The molecule has 4 heteroatoms. The van der Waals surface area contributed by atoms with Gasteiger partial charge < -0.3 is 0 Å². The van der Waals surface area contributed by atoms with Gasteiger partial charge >= 0.3 is 5.97 Å². The molecule has 0 spiro atoms. The maximum absolute atomic E-state index is 11.5. The quantitative estimate of drug-likeness (QED) is 0.669. The molecule has 2 rings (SSSR count). The van der Waals surface area contributed by atoms with Gasteiger partial charge in [0, 0.05) is 29.3 Å². The summed E-state index contributed by atoms with van der Waals surface area (Å²) in [6, 6.07) is 8.73. The largest absolute Gasteiger partial charge is 0.412 e. The third-order valence-corrected chi connectivity index (χ3v) is 1.77. The summed E-state index contributed by atoms with van der Waals surface area (Å²) >= 11 is 0. The summed E-state index contributed by atoms with van der Waals surface area (Å²) in [7, 11) is 0. The predicted molar refractivity (Wildman–Crippen MR) is 51.8 cm³/mol. The zero-order valence-corrected chi connectivity index (χ0v) is 7.91. The number of aromatic nitrogens is 2. The van der Waals surface area contributed by atoms with Crippen LogP contribution in [0.1, 0.15) is 10.4 Å². The number of hydrogen-bond acceptors (Lipinski definition) is 3. The molecule has 0 aliphatic heterocycles. The zero-order valence-electron chi connectivity index (χ0n) is 7.91. The van der Waals surface area contributed by atoms with E-state index in [1.54, 1.807) is 42.9 Å². The highest BCUT2D eigenvalue weighted by Gasteiger charge is 2.12. The second-order valence-corrected chi connectivity index (χ2v) is 2.86. The molecule has 0 bridgehead atoms. The first-order valence-corrected chi connectivity index (χ1v) is 4.45. The van der Waals surface area contributed by atoms with Crippen LogP contribution in [0.25, 0.3) is 0 Å². The van der Waals surface area contributed by atoms with E-state index in [2.05, 4.69) is 4.98 Å². The molecule has 74 valence electrons. The Kier molecular flexibility index (Phi) is 2.69. The number of rotatable bonds is 2. The van der Waals surface area contributed by atoms with Gasteiger partial charge in [0.2, 0.25) is 12.4 Å². The average Bonchev–Trinajstić information content (AvgIpc) is 2.31. The van der Waals surface area contributed by atoms with Crippen molar-refractivity contribution >= 4 is 5.97 Å². The van der Waals surface area contributed by atoms with Gasteiger partial charge in [-0.2, -0.15) is 4.84 Å². The molecule has 15 heavy (non-hydrogen) atoms. The van der Waals surface area contributed by atoms with Gasteiger partial charge in [0.05, 0.1) is 5.56 Å². The minimum Gasteiger partial charge on any atom is -0.264 e. The van der Waals surface area contributed by atoms with Crippen LogP contribution in [0, 0.1) is 0 Å². The highest BCUT2D eigenvalue weighted by Crippen LogP contribution is 1.94. The molecule has 0 radical (unpaired) electrons. The Morgan fingerprint density at radius 2 is 2.00 bits per heavy atom. The highest BCUT2D eigenvalue weighted by molar-refractivity contribution is 5.88. The van der Waals surface area contributed by atoms with E-state index < -0.39 is 5.97 Å². The Labute approximate surface area is 86.7 Å². The van der Waals surface area contributed by atoms with Crippen LogP contribution in [0.5, 0.6) is 0 Å².